The maximum atomic E-state index is 12.8. The van der Waals surface area contributed by atoms with Crippen molar-refractivity contribution in [1.82, 2.24) is 19.9 Å². The number of piperidine rings is 1. The van der Waals surface area contributed by atoms with E-state index in [4.69, 9.17) is 4.52 Å². The fourth-order valence-corrected chi connectivity index (χ4v) is 4.08. The summed E-state index contributed by atoms with van der Waals surface area (Å²) in [6.45, 7) is 5.56. The number of amides is 1. The molecule has 2 atom stereocenters. The maximum absolute atomic E-state index is 12.8. The third-order valence-electron chi connectivity index (χ3n) is 5.22. The molecule has 0 spiro atoms. The van der Waals surface area contributed by atoms with Crippen molar-refractivity contribution in [3.05, 3.63) is 47.6 Å². The summed E-state index contributed by atoms with van der Waals surface area (Å²) in [6, 6.07) is 8.19. The number of carbonyl (C=O) groups excluding carboxylic acids is 1. The molecule has 0 radical (unpaired) electrons. The molecule has 3 aliphatic rings. The largest absolute Gasteiger partial charge is 0.361 e. The highest BCUT2D eigenvalue weighted by Gasteiger charge is 2.37. The predicted octanol–water partition coefficient (Wildman–Crippen LogP) is 2.04. The minimum absolute atomic E-state index is 0.158. The van der Waals surface area contributed by atoms with Crippen LogP contribution in [0.4, 0.5) is 0 Å². The molecule has 2 aromatic rings. The van der Waals surface area contributed by atoms with Crippen molar-refractivity contribution in [2.75, 3.05) is 19.6 Å². The van der Waals surface area contributed by atoms with E-state index in [0.29, 0.717) is 24.1 Å². The molecule has 2 bridgehead atoms. The molecule has 3 saturated heterocycles. The van der Waals surface area contributed by atoms with E-state index < -0.39 is 0 Å². The van der Waals surface area contributed by atoms with Gasteiger partial charge in [0.25, 0.3) is 0 Å². The third kappa shape index (κ3) is 3.74. The molecular formula is C19H24N4O2. The Labute approximate surface area is 147 Å². The minimum atomic E-state index is 0.158. The molecule has 0 unspecified atom stereocenters. The maximum Gasteiger partial charge on any atom is 0.230 e. The van der Waals surface area contributed by atoms with Gasteiger partial charge in [-0.15, -0.1) is 0 Å². The number of hydrogen-bond acceptors (Lipinski definition) is 5. The lowest BCUT2D eigenvalue weighted by Crippen LogP contribution is -2.47. The van der Waals surface area contributed by atoms with E-state index in [-0.39, 0.29) is 5.91 Å². The smallest absolute Gasteiger partial charge is 0.230 e. The highest BCUT2D eigenvalue weighted by atomic mass is 16.5. The van der Waals surface area contributed by atoms with Crippen LogP contribution in [0.3, 0.4) is 0 Å². The summed E-state index contributed by atoms with van der Waals surface area (Å²) in [6.07, 6.45) is 4.44. The highest BCUT2D eigenvalue weighted by molar-refractivity contribution is 5.78. The molecule has 1 amide bonds. The molecule has 6 heteroatoms. The van der Waals surface area contributed by atoms with Crippen molar-refractivity contribution in [3.8, 4) is 0 Å². The van der Waals surface area contributed by atoms with Crippen LogP contribution >= 0.6 is 0 Å². The van der Waals surface area contributed by atoms with E-state index in [0.717, 1.165) is 44.0 Å². The van der Waals surface area contributed by atoms with Gasteiger partial charge in [-0.2, -0.15) is 0 Å². The normalized spacial score (nSPS) is 23.6. The number of nitrogens with zero attached hydrogens (tertiary/aromatic N) is 4. The lowest BCUT2D eigenvalue weighted by atomic mass is 9.94. The van der Waals surface area contributed by atoms with Crippen molar-refractivity contribution in [1.29, 1.82) is 0 Å². The van der Waals surface area contributed by atoms with Crippen LogP contribution in [0.2, 0.25) is 0 Å². The molecule has 0 saturated carbocycles. The zero-order valence-corrected chi connectivity index (χ0v) is 14.6. The second-order valence-corrected chi connectivity index (χ2v) is 7.27. The van der Waals surface area contributed by atoms with E-state index in [9.17, 15) is 4.79 Å². The van der Waals surface area contributed by atoms with Gasteiger partial charge in [0.1, 0.15) is 5.76 Å². The summed E-state index contributed by atoms with van der Waals surface area (Å²) >= 11 is 0. The average Bonchev–Trinajstić information content (AvgIpc) is 2.82. The Morgan fingerprint density at radius 1 is 1.28 bits per heavy atom. The summed E-state index contributed by atoms with van der Waals surface area (Å²) in [5.41, 5.74) is 1.92. The number of rotatable bonds is 4. The Kier molecular flexibility index (Phi) is 4.53. The van der Waals surface area contributed by atoms with Crippen LogP contribution in [0.1, 0.15) is 30.0 Å². The van der Waals surface area contributed by atoms with Gasteiger partial charge in [0.15, 0.2) is 0 Å². The van der Waals surface area contributed by atoms with Crippen molar-refractivity contribution < 1.29 is 9.32 Å². The Morgan fingerprint density at radius 3 is 2.96 bits per heavy atom. The number of aryl methyl sites for hydroxylation is 1. The van der Waals surface area contributed by atoms with Crippen LogP contribution in [0.25, 0.3) is 0 Å². The molecule has 2 aromatic heterocycles. The second-order valence-electron chi connectivity index (χ2n) is 7.27. The Bertz CT molecular complexity index is 730. The molecule has 3 fully saturated rings. The van der Waals surface area contributed by atoms with Gasteiger partial charge in [0, 0.05) is 44.5 Å². The first kappa shape index (κ1) is 16.3. The number of pyridine rings is 1. The SMILES string of the molecule is Cc1cc(CC(=O)N2C[C@H]3CC[C@@H]2CN(Cc2ccccn2)C3)on1. The van der Waals surface area contributed by atoms with E-state index in [2.05, 4.69) is 26.0 Å². The van der Waals surface area contributed by atoms with Crippen LogP contribution in [0.5, 0.6) is 0 Å². The lowest BCUT2D eigenvalue weighted by Gasteiger charge is -2.36. The van der Waals surface area contributed by atoms with Crippen LogP contribution in [0.15, 0.2) is 35.0 Å². The van der Waals surface area contributed by atoms with Crippen LogP contribution < -0.4 is 0 Å². The van der Waals surface area contributed by atoms with Crippen LogP contribution in [-0.2, 0) is 17.8 Å². The Morgan fingerprint density at radius 2 is 2.20 bits per heavy atom. The van der Waals surface area contributed by atoms with Crippen molar-refractivity contribution in [2.45, 2.75) is 38.8 Å². The van der Waals surface area contributed by atoms with Gasteiger partial charge in [-0.3, -0.25) is 14.7 Å². The van der Waals surface area contributed by atoms with Crippen molar-refractivity contribution >= 4 is 5.91 Å². The first-order valence-corrected chi connectivity index (χ1v) is 9.01. The number of aromatic nitrogens is 2. The summed E-state index contributed by atoms with van der Waals surface area (Å²) in [5, 5.41) is 3.88. The number of hydrogen-bond donors (Lipinski definition) is 0. The van der Waals surface area contributed by atoms with Crippen molar-refractivity contribution in [3.63, 3.8) is 0 Å². The molecule has 0 aliphatic carbocycles. The van der Waals surface area contributed by atoms with E-state index in [1.54, 1.807) is 0 Å². The van der Waals surface area contributed by atoms with E-state index in [1.165, 1.54) is 6.42 Å². The number of carbonyl (C=O) groups is 1. The molecule has 0 N–H and O–H groups in total. The summed E-state index contributed by atoms with van der Waals surface area (Å²) < 4.78 is 5.22. The fourth-order valence-electron chi connectivity index (χ4n) is 4.08. The van der Waals surface area contributed by atoms with Gasteiger partial charge in [-0.1, -0.05) is 11.2 Å². The number of fused-ring (bicyclic) bond motifs is 4. The quantitative estimate of drug-likeness (QED) is 0.852. The van der Waals surface area contributed by atoms with Gasteiger partial charge in [0.05, 0.1) is 17.8 Å². The van der Waals surface area contributed by atoms with Gasteiger partial charge in [-0.25, -0.2) is 0 Å². The standard InChI is InChI=1S/C19H24N4O2/c1-14-8-18(25-21-14)9-19(24)23-11-15-5-6-17(23)13-22(10-15)12-16-4-2-3-7-20-16/h2-4,7-8,15,17H,5-6,9-13H2,1H3/t15-,17+/m0/s1. The summed E-state index contributed by atoms with van der Waals surface area (Å²) in [5.74, 6) is 1.36. The molecule has 132 valence electrons. The second kappa shape index (κ2) is 6.96. The zero-order valence-electron chi connectivity index (χ0n) is 14.6. The topological polar surface area (TPSA) is 62.5 Å². The highest BCUT2D eigenvalue weighted by Crippen LogP contribution is 2.29. The molecule has 25 heavy (non-hydrogen) atoms. The van der Waals surface area contributed by atoms with Gasteiger partial charge < -0.3 is 9.42 Å². The molecule has 5 rings (SSSR count). The first-order chi connectivity index (χ1) is 12.2. The zero-order chi connectivity index (χ0) is 17.2. The molecule has 5 heterocycles. The van der Waals surface area contributed by atoms with Crippen LogP contribution in [0, 0.1) is 12.8 Å². The lowest BCUT2D eigenvalue weighted by molar-refractivity contribution is -0.134. The average molecular weight is 340 g/mol. The first-order valence-electron chi connectivity index (χ1n) is 9.01. The summed E-state index contributed by atoms with van der Waals surface area (Å²) in [4.78, 5) is 21.8. The monoisotopic (exact) mass is 340 g/mol. The molecule has 0 aromatic carbocycles. The molecule has 6 nitrogen and oxygen atoms in total. The van der Waals surface area contributed by atoms with Gasteiger partial charge in [-0.05, 0) is 37.8 Å². The van der Waals surface area contributed by atoms with Crippen molar-refractivity contribution in [2.24, 2.45) is 5.92 Å². The van der Waals surface area contributed by atoms with Crippen LogP contribution in [-0.4, -0.2) is 51.5 Å². The summed E-state index contributed by atoms with van der Waals surface area (Å²) in [7, 11) is 0. The van der Waals surface area contributed by atoms with E-state index in [1.807, 2.05) is 31.3 Å². The predicted molar refractivity (Wildman–Crippen MR) is 92.7 cm³/mol. The Hall–Kier alpha value is -2.21. The van der Waals surface area contributed by atoms with E-state index >= 15 is 0 Å². The van der Waals surface area contributed by atoms with Gasteiger partial charge >= 0.3 is 0 Å². The minimum Gasteiger partial charge on any atom is -0.361 e. The molecular weight excluding hydrogens is 316 g/mol. The van der Waals surface area contributed by atoms with Gasteiger partial charge in [0.2, 0.25) is 5.91 Å². The molecule has 3 aliphatic heterocycles. The fraction of sp³-hybridized carbons (Fsp3) is 0.526. The Balaban J connectivity index is 1.43. The third-order valence-corrected chi connectivity index (χ3v) is 5.22.